The summed E-state index contributed by atoms with van der Waals surface area (Å²) in [5.74, 6) is 0.596. The van der Waals surface area contributed by atoms with Crippen LogP contribution in [0.2, 0.25) is 0 Å². The van der Waals surface area contributed by atoms with Crippen molar-refractivity contribution in [2.24, 2.45) is 0 Å². The zero-order valence-corrected chi connectivity index (χ0v) is 15.0. The Labute approximate surface area is 148 Å². The van der Waals surface area contributed by atoms with Crippen molar-refractivity contribution < 1.29 is 14.3 Å². The molecule has 1 aliphatic rings. The molecule has 1 fully saturated rings. The molecule has 5 heteroatoms. The van der Waals surface area contributed by atoms with Gasteiger partial charge in [0.05, 0.1) is 17.5 Å². The molecule has 0 aliphatic carbocycles. The van der Waals surface area contributed by atoms with Crippen LogP contribution in [0.5, 0.6) is 5.75 Å². The standard InChI is InChI=1S/C20H24N2O3/c1-13-11-14(2)21-15(3)19(13)22-20(23)16-6-8-17(9-7-16)25-12-18-5-4-10-24-18/h6-9,11,18H,4-5,10,12H2,1-3H3,(H,22,23). The molecule has 25 heavy (non-hydrogen) atoms. The molecule has 0 spiro atoms. The van der Waals surface area contributed by atoms with Gasteiger partial charge in [-0.2, -0.15) is 0 Å². The number of carbonyl (C=O) groups is 1. The van der Waals surface area contributed by atoms with E-state index >= 15 is 0 Å². The van der Waals surface area contributed by atoms with Crippen molar-refractivity contribution in [1.82, 2.24) is 4.98 Å². The molecule has 0 bridgehead atoms. The van der Waals surface area contributed by atoms with Crippen LogP contribution in [0, 0.1) is 20.8 Å². The van der Waals surface area contributed by atoms with E-state index in [0.29, 0.717) is 12.2 Å². The van der Waals surface area contributed by atoms with Gasteiger partial charge in [0.1, 0.15) is 12.4 Å². The molecule has 3 rings (SSSR count). The lowest BCUT2D eigenvalue weighted by Gasteiger charge is -2.13. The molecule has 1 aromatic heterocycles. The van der Waals surface area contributed by atoms with Crippen molar-refractivity contribution in [3.63, 3.8) is 0 Å². The maximum absolute atomic E-state index is 12.5. The zero-order valence-electron chi connectivity index (χ0n) is 15.0. The van der Waals surface area contributed by atoms with E-state index < -0.39 is 0 Å². The predicted molar refractivity (Wildman–Crippen MR) is 97.3 cm³/mol. The highest BCUT2D eigenvalue weighted by Crippen LogP contribution is 2.21. The summed E-state index contributed by atoms with van der Waals surface area (Å²) in [4.78, 5) is 16.9. The van der Waals surface area contributed by atoms with Crippen LogP contribution in [-0.4, -0.2) is 30.2 Å². The van der Waals surface area contributed by atoms with Gasteiger partial charge in [-0.25, -0.2) is 0 Å². The number of hydrogen-bond donors (Lipinski definition) is 1. The number of ether oxygens (including phenoxy) is 2. The molecular formula is C20H24N2O3. The van der Waals surface area contributed by atoms with Crippen LogP contribution in [0.25, 0.3) is 0 Å². The summed E-state index contributed by atoms with van der Waals surface area (Å²) in [5, 5.41) is 2.96. The predicted octanol–water partition coefficient (Wildman–Crippen LogP) is 3.82. The summed E-state index contributed by atoms with van der Waals surface area (Å²) >= 11 is 0. The van der Waals surface area contributed by atoms with Crippen molar-refractivity contribution in [2.45, 2.75) is 39.7 Å². The fraction of sp³-hybridized carbons (Fsp3) is 0.400. The number of rotatable bonds is 5. The number of nitrogens with one attached hydrogen (secondary N) is 1. The number of anilines is 1. The third-order valence-corrected chi connectivity index (χ3v) is 4.34. The smallest absolute Gasteiger partial charge is 0.255 e. The third-order valence-electron chi connectivity index (χ3n) is 4.34. The summed E-state index contributed by atoms with van der Waals surface area (Å²) in [7, 11) is 0. The van der Waals surface area contributed by atoms with Crippen molar-refractivity contribution >= 4 is 11.6 Å². The molecule has 2 heterocycles. The second-order valence-electron chi connectivity index (χ2n) is 6.47. The van der Waals surface area contributed by atoms with Crippen LogP contribution in [0.15, 0.2) is 30.3 Å². The molecule has 1 saturated heterocycles. The van der Waals surface area contributed by atoms with Gasteiger partial charge >= 0.3 is 0 Å². The van der Waals surface area contributed by atoms with Crippen LogP contribution >= 0.6 is 0 Å². The van der Waals surface area contributed by atoms with Gasteiger partial charge in [0.15, 0.2) is 0 Å². The summed E-state index contributed by atoms with van der Waals surface area (Å²) in [5.41, 5.74) is 4.14. The highest BCUT2D eigenvalue weighted by molar-refractivity contribution is 6.05. The molecule has 1 aliphatic heterocycles. The lowest BCUT2D eigenvalue weighted by Crippen LogP contribution is -2.16. The first-order valence-corrected chi connectivity index (χ1v) is 8.63. The number of benzene rings is 1. The molecule has 1 aromatic carbocycles. The van der Waals surface area contributed by atoms with Crippen LogP contribution in [0.4, 0.5) is 5.69 Å². The first kappa shape index (κ1) is 17.4. The average molecular weight is 340 g/mol. The van der Waals surface area contributed by atoms with E-state index in [4.69, 9.17) is 9.47 Å². The Morgan fingerprint density at radius 2 is 2.04 bits per heavy atom. The molecule has 1 unspecified atom stereocenters. The largest absolute Gasteiger partial charge is 0.491 e. The molecular weight excluding hydrogens is 316 g/mol. The summed E-state index contributed by atoms with van der Waals surface area (Å²) in [6, 6.07) is 9.14. The first-order chi connectivity index (χ1) is 12.0. The minimum atomic E-state index is -0.150. The van der Waals surface area contributed by atoms with Gasteiger partial charge in [0, 0.05) is 17.9 Å². The van der Waals surface area contributed by atoms with E-state index in [9.17, 15) is 4.79 Å². The molecule has 1 N–H and O–H groups in total. The first-order valence-electron chi connectivity index (χ1n) is 8.63. The maximum atomic E-state index is 12.5. The van der Waals surface area contributed by atoms with Crippen molar-refractivity contribution in [3.05, 3.63) is 52.8 Å². The number of pyridine rings is 1. The van der Waals surface area contributed by atoms with Crippen molar-refractivity contribution in [1.29, 1.82) is 0 Å². The Morgan fingerprint density at radius 1 is 1.28 bits per heavy atom. The number of hydrogen-bond acceptors (Lipinski definition) is 4. The fourth-order valence-corrected chi connectivity index (χ4v) is 3.07. The van der Waals surface area contributed by atoms with E-state index in [1.54, 1.807) is 12.1 Å². The lowest BCUT2D eigenvalue weighted by molar-refractivity contribution is 0.0679. The van der Waals surface area contributed by atoms with E-state index in [1.165, 1.54) is 0 Å². The minimum Gasteiger partial charge on any atom is -0.491 e. The van der Waals surface area contributed by atoms with E-state index in [-0.39, 0.29) is 12.0 Å². The Hall–Kier alpha value is -2.40. The molecule has 132 valence electrons. The van der Waals surface area contributed by atoms with Gasteiger partial charge in [-0.05, 0) is 69.5 Å². The van der Waals surface area contributed by atoms with Crippen molar-refractivity contribution in [2.75, 3.05) is 18.5 Å². The normalized spacial score (nSPS) is 16.7. The molecule has 1 amide bonds. The average Bonchev–Trinajstić information content (AvgIpc) is 3.10. The Balaban J connectivity index is 1.62. The Kier molecular flexibility index (Phi) is 5.34. The van der Waals surface area contributed by atoms with Crippen LogP contribution in [-0.2, 0) is 4.74 Å². The zero-order chi connectivity index (χ0) is 17.8. The van der Waals surface area contributed by atoms with Crippen LogP contribution < -0.4 is 10.1 Å². The minimum absolute atomic E-state index is 0.150. The Morgan fingerprint density at radius 3 is 2.68 bits per heavy atom. The van der Waals surface area contributed by atoms with Gasteiger partial charge in [0.2, 0.25) is 0 Å². The van der Waals surface area contributed by atoms with E-state index in [0.717, 1.165) is 47.8 Å². The number of aromatic nitrogens is 1. The summed E-state index contributed by atoms with van der Waals surface area (Å²) < 4.78 is 11.3. The summed E-state index contributed by atoms with van der Waals surface area (Å²) in [6.45, 7) is 7.19. The van der Waals surface area contributed by atoms with Gasteiger partial charge < -0.3 is 14.8 Å². The Bertz CT molecular complexity index is 727. The molecule has 0 saturated carbocycles. The van der Waals surface area contributed by atoms with Crippen LogP contribution in [0.3, 0.4) is 0 Å². The topological polar surface area (TPSA) is 60.5 Å². The molecule has 5 nitrogen and oxygen atoms in total. The second kappa shape index (κ2) is 7.66. The van der Waals surface area contributed by atoms with E-state index in [2.05, 4.69) is 10.3 Å². The monoisotopic (exact) mass is 340 g/mol. The van der Waals surface area contributed by atoms with Gasteiger partial charge in [-0.3, -0.25) is 9.78 Å². The highest BCUT2D eigenvalue weighted by Gasteiger charge is 2.16. The van der Waals surface area contributed by atoms with E-state index in [1.807, 2.05) is 39.0 Å². The highest BCUT2D eigenvalue weighted by atomic mass is 16.5. The summed E-state index contributed by atoms with van der Waals surface area (Å²) in [6.07, 6.45) is 2.33. The third kappa shape index (κ3) is 4.37. The SMILES string of the molecule is Cc1cc(C)c(NC(=O)c2ccc(OCC3CCCO3)cc2)c(C)n1. The van der Waals surface area contributed by atoms with Crippen molar-refractivity contribution in [3.8, 4) is 5.75 Å². The fourth-order valence-electron chi connectivity index (χ4n) is 3.07. The quantitative estimate of drug-likeness (QED) is 0.899. The van der Waals surface area contributed by atoms with Gasteiger partial charge in [0.25, 0.3) is 5.91 Å². The molecule has 1 atom stereocenters. The number of aryl methyl sites for hydroxylation is 3. The molecule has 2 aromatic rings. The molecule has 0 radical (unpaired) electrons. The van der Waals surface area contributed by atoms with Gasteiger partial charge in [-0.1, -0.05) is 0 Å². The van der Waals surface area contributed by atoms with Crippen LogP contribution in [0.1, 0.15) is 40.2 Å². The number of carbonyl (C=O) groups excluding carboxylic acids is 1. The number of nitrogens with zero attached hydrogens (tertiary/aromatic N) is 1. The maximum Gasteiger partial charge on any atom is 0.255 e. The van der Waals surface area contributed by atoms with Gasteiger partial charge in [-0.15, -0.1) is 0 Å². The lowest BCUT2D eigenvalue weighted by atomic mass is 10.1. The number of amides is 1. The second-order valence-corrected chi connectivity index (χ2v) is 6.47.